The predicted molar refractivity (Wildman–Crippen MR) is 31.3 cm³/mol. The summed E-state index contributed by atoms with van der Waals surface area (Å²) in [4.78, 5) is 0. The second kappa shape index (κ2) is 2.28. The van der Waals surface area contributed by atoms with Crippen molar-refractivity contribution < 1.29 is 0 Å². The minimum atomic E-state index is 0.762. The van der Waals surface area contributed by atoms with Gasteiger partial charge in [-0.1, -0.05) is 0 Å². The van der Waals surface area contributed by atoms with Gasteiger partial charge in [0.1, 0.15) is 0 Å². The fraction of sp³-hybridized carbons (Fsp3) is 0. The first-order valence-corrected chi connectivity index (χ1v) is 2.81. The summed E-state index contributed by atoms with van der Waals surface area (Å²) in [6.07, 6.45) is 3.39. The molecule has 0 bridgehead atoms. The maximum atomic E-state index is 8.05. The maximum Gasteiger partial charge on any atom is 0.181 e. The Morgan fingerprint density at radius 3 is 3.25 bits per heavy atom. The summed E-state index contributed by atoms with van der Waals surface area (Å²) < 4.78 is 3.77. The molecule has 0 radical (unpaired) electrons. The molecule has 1 heterocycles. The van der Waals surface area contributed by atoms with Gasteiger partial charge < -0.3 is 0 Å². The monoisotopic (exact) mass is 125 g/mol. The first-order valence-electron chi connectivity index (χ1n) is 1.98. The van der Waals surface area contributed by atoms with Crippen LogP contribution in [0.25, 0.3) is 0 Å². The first kappa shape index (κ1) is 5.06. The molecule has 40 valence electrons. The van der Waals surface area contributed by atoms with Gasteiger partial charge in [-0.2, -0.15) is 9.64 Å². The minimum absolute atomic E-state index is 0.762. The van der Waals surface area contributed by atoms with E-state index >= 15 is 0 Å². The van der Waals surface area contributed by atoms with E-state index in [2.05, 4.69) is 9.69 Å². The Morgan fingerprint density at radius 1 is 1.88 bits per heavy atom. The highest BCUT2D eigenvalue weighted by molar-refractivity contribution is 7.04. The fourth-order valence-electron chi connectivity index (χ4n) is 0.331. The summed E-state index contributed by atoms with van der Waals surface area (Å²) >= 11 is 1.32. The standard InChI is InChI=1S/C4H3N3S/c5-3-6-4-1-7-8-2-4/h1-2,6H. The van der Waals surface area contributed by atoms with Crippen molar-refractivity contribution in [2.24, 2.45) is 0 Å². The molecule has 1 N–H and O–H groups in total. The number of rotatable bonds is 1. The third kappa shape index (κ3) is 0.950. The normalized spacial score (nSPS) is 7.88. The summed E-state index contributed by atoms with van der Waals surface area (Å²) in [5.41, 5.74) is 0.762. The Hall–Kier alpha value is -1.08. The van der Waals surface area contributed by atoms with E-state index in [4.69, 9.17) is 5.26 Å². The van der Waals surface area contributed by atoms with Crippen molar-refractivity contribution in [1.29, 1.82) is 5.26 Å². The summed E-state index contributed by atoms with van der Waals surface area (Å²) in [7, 11) is 0. The lowest BCUT2D eigenvalue weighted by Crippen LogP contribution is -1.81. The number of nitrogens with zero attached hydrogens (tertiary/aromatic N) is 2. The van der Waals surface area contributed by atoms with Gasteiger partial charge in [0, 0.05) is 5.38 Å². The molecule has 0 saturated heterocycles. The van der Waals surface area contributed by atoms with Gasteiger partial charge in [-0.15, -0.1) is 0 Å². The van der Waals surface area contributed by atoms with E-state index in [1.165, 1.54) is 11.5 Å². The summed E-state index contributed by atoms with van der Waals surface area (Å²) in [5.74, 6) is 0. The zero-order valence-electron chi connectivity index (χ0n) is 3.96. The van der Waals surface area contributed by atoms with Crippen LogP contribution in [-0.2, 0) is 0 Å². The molecular formula is C4H3N3S. The van der Waals surface area contributed by atoms with Gasteiger partial charge in [0.15, 0.2) is 6.19 Å². The van der Waals surface area contributed by atoms with Gasteiger partial charge in [0.25, 0.3) is 0 Å². The lowest BCUT2D eigenvalue weighted by Gasteiger charge is -1.81. The molecule has 0 unspecified atom stereocenters. The highest BCUT2D eigenvalue weighted by atomic mass is 32.1. The van der Waals surface area contributed by atoms with Crippen molar-refractivity contribution in [2.75, 3.05) is 5.32 Å². The smallest absolute Gasteiger partial charge is 0.181 e. The molecule has 1 aromatic heterocycles. The van der Waals surface area contributed by atoms with Gasteiger partial charge in [0.05, 0.1) is 11.9 Å². The first-order chi connectivity index (χ1) is 3.93. The summed E-state index contributed by atoms with van der Waals surface area (Å²) in [6.45, 7) is 0. The summed E-state index contributed by atoms with van der Waals surface area (Å²) in [6, 6.07) is 0. The second-order valence-corrected chi connectivity index (χ2v) is 1.81. The zero-order valence-corrected chi connectivity index (χ0v) is 4.77. The molecule has 8 heavy (non-hydrogen) atoms. The molecule has 0 spiro atoms. The Balaban J connectivity index is 2.67. The van der Waals surface area contributed by atoms with Crippen molar-refractivity contribution in [3.05, 3.63) is 11.6 Å². The van der Waals surface area contributed by atoms with E-state index in [0.29, 0.717) is 0 Å². The molecule has 0 atom stereocenters. The molecule has 4 heteroatoms. The van der Waals surface area contributed by atoms with Crippen LogP contribution < -0.4 is 5.32 Å². The lowest BCUT2D eigenvalue weighted by atomic mass is 10.6. The Labute approximate surface area is 50.7 Å². The van der Waals surface area contributed by atoms with Crippen molar-refractivity contribution in [1.82, 2.24) is 4.37 Å². The molecule has 1 rings (SSSR count). The van der Waals surface area contributed by atoms with Crippen LogP contribution in [-0.4, -0.2) is 4.37 Å². The minimum Gasteiger partial charge on any atom is -0.290 e. The molecule has 0 aliphatic carbocycles. The molecule has 0 amide bonds. The number of anilines is 1. The second-order valence-electron chi connectivity index (χ2n) is 1.15. The van der Waals surface area contributed by atoms with Crippen LogP contribution in [0, 0.1) is 11.5 Å². The summed E-state index contributed by atoms with van der Waals surface area (Å²) in [5, 5.41) is 12.3. The Morgan fingerprint density at radius 2 is 2.75 bits per heavy atom. The molecule has 0 fully saturated rings. The average molecular weight is 125 g/mol. The van der Waals surface area contributed by atoms with E-state index in [0.717, 1.165) is 5.69 Å². The SMILES string of the molecule is N#CNc1cnsc1. The molecule has 3 nitrogen and oxygen atoms in total. The zero-order chi connectivity index (χ0) is 5.82. The van der Waals surface area contributed by atoms with Crippen molar-refractivity contribution >= 4 is 17.2 Å². The molecule has 0 aliphatic heterocycles. The van der Waals surface area contributed by atoms with E-state index in [-0.39, 0.29) is 0 Å². The number of aromatic nitrogens is 1. The van der Waals surface area contributed by atoms with Crippen LogP contribution in [0.1, 0.15) is 0 Å². The van der Waals surface area contributed by atoms with E-state index in [1.54, 1.807) is 17.8 Å². The predicted octanol–water partition coefficient (Wildman–Crippen LogP) is 1.04. The van der Waals surface area contributed by atoms with Crippen molar-refractivity contribution in [2.45, 2.75) is 0 Å². The number of hydrogen-bond donors (Lipinski definition) is 1. The van der Waals surface area contributed by atoms with Gasteiger partial charge in [-0.3, -0.25) is 5.32 Å². The number of hydrogen-bond acceptors (Lipinski definition) is 4. The largest absolute Gasteiger partial charge is 0.290 e. The quantitative estimate of drug-likeness (QED) is 0.450. The van der Waals surface area contributed by atoms with Crippen LogP contribution in [0.15, 0.2) is 11.6 Å². The van der Waals surface area contributed by atoms with E-state index < -0.39 is 0 Å². The van der Waals surface area contributed by atoms with Crippen LogP contribution in [0.2, 0.25) is 0 Å². The molecule has 1 aromatic rings. The van der Waals surface area contributed by atoms with Crippen molar-refractivity contribution in [3.8, 4) is 6.19 Å². The molecule has 0 aliphatic rings. The van der Waals surface area contributed by atoms with Crippen molar-refractivity contribution in [3.63, 3.8) is 0 Å². The average Bonchev–Trinajstić information content (AvgIpc) is 2.19. The third-order valence-corrected chi connectivity index (χ3v) is 1.22. The fourth-order valence-corrected chi connectivity index (χ4v) is 0.800. The molecule has 0 aromatic carbocycles. The molecule has 0 saturated carbocycles. The van der Waals surface area contributed by atoms with Gasteiger partial charge >= 0.3 is 0 Å². The molecular weight excluding hydrogens is 122 g/mol. The maximum absolute atomic E-state index is 8.05. The lowest BCUT2D eigenvalue weighted by molar-refractivity contribution is 1.47. The topological polar surface area (TPSA) is 48.7 Å². The van der Waals surface area contributed by atoms with Gasteiger partial charge in [0.2, 0.25) is 0 Å². The van der Waals surface area contributed by atoms with Crippen LogP contribution in [0.3, 0.4) is 0 Å². The van der Waals surface area contributed by atoms with Crippen LogP contribution >= 0.6 is 11.5 Å². The van der Waals surface area contributed by atoms with Crippen LogP contribution in [0.4, 0.5) is 5.69 Å². The number of nitriles is 1. The van der Waals surface area contributed by atoms with Crippen LogP contribution in [0.5, 0.6) is 0 Å². The Bertz CT molecular complexity index is 186. The van der Waals surface area contributed by atoms with Gasteiger partial charge in [-0.05, 0) is 11.5 Å². The highest BCUT2D eigenvalue weighted by Gasteiger charge is 1.85. The number of nitrogens with one attached hydrogen (secondary N) is 1. The third-order valence-electron chi connectivity index (χ3n) is 0.633. The van der Waals surface area contributed by atoms with Gasteiger partial charge in [-0.25, -0.2) is 0 Å². The van der Waals surface area contributed by atoms with E-state index in [9.17, 15) is 0 Å². The Kier molecular flexibility index (Phi) is 1.45. The van der Waals surface area contributed by atoms with E-state index in [1.807, 2.05) is 0 Å². The highest BCUT2D eigenvalue weighted by Crippen LogP contribution is 2.05.